The van der Waals surface area contributed by atoms with Gasteiger partial charge in [-0.05, 0) is 18.9 Å². The van der Waals surface area contributed by atoms with Crippen molar-refractivity contribution in [1.82, 2.24) is 5.43 Å². The SMILES string of the molecule is CCCC1=C(C)[N]N=C1. The molecule has 0 saturated heterocycles. The van der Waals surface area contributed by atoms with Crippen LogP contribution in [0.2, 0.25) is 0 Å². The van der Waals surface area contributed by atoms with Crippen LogP contribution in [0.15, 0.2) is 16.4 Å². The molecule has 1 rings (SSSR count). The van der Waals surface area contributed by atoms with Gasteiger partial charge in [0.05, 0.1) is 11.9 Å². The first kappa shape index (κ1) is 6.33. The fourth-order valence-corrected chi connectivity index (χ4v) is 0.858. The van der Waals surface area contributed by atoms with Gasteiger partial charge in [0.25, 0.3) is 0 Å². The number of rotatable bonds is 2. The Hall–Kier alpha value is -0.790. The molecule has 1 radical (unpaired) electrons. The first-order valence-corrected chi connectivity index (χ1v) is 3.28. The summed E-state index contributed by atoms with van der Waals surface area (Å²) >= 11 is 0. The summed E-state index contributed by atoms with van der Waals surface area (Å²) in [5.74, 6) is 0. The van der Waals surface area contributed by atoms with Crippen LogP contribution in [0.25, 0.3) is 0 Å². The largest absolute Gasteiger partial charge is 0.159 e. The van der Waals surface area contributed by atoms with Crippen LogP contribution in [0.3, 0.4) is 0 Å². The summed E-state index contributed by atoms with van der Waals surface area (Å²) in [6.07, 6.45) is 4.13. The molecule has 0 aliphatic carbocycles. The van der Waals surface area contributed by atoms with Crippen molar-refractivity contribution < 1.29 is 0 Å². The van der Waals surface area contributed by atoms with Crippen LogP contribution in [0, 0.1) is 0 Å². The molecular formula is C7H11N2. The van der Waals surface area contributed by atoms with Crippen molar-refractivity contribution in [3.05, 3.63) is 11.3 Å². The van der Waals surface area contributed by atoms with Crippen LogP contribution in [0.4, 0.5) is 0 Å². The van der Waals surface area contributed by atoms with Gasteiger partial charge in [-0.25, -0.2) is 0 Å². The minimum absolute atomic E-state index is 1.08. The molecule has 2 heteroatoms. The third kappa shape index (κ3) is 1.31. The first-order valence-electron chi connectivity index (χ1n) is 3.28. The third-order valence-electron chi connectivity index (χ3n) is 1.41. The molecule has 0 N–H and O–H groups in total. The van der Waals surface area contributed by atoms with Crippen molar-refractivity contribution in [1.29, 1.82) is 0 Å². The summed E-state index contributed by atoms with van der Waals surface area (Å²) in [6, 6.07) is 0. The molecule has 0 bridgehead atoms. The normalized spacial score (nSPS) is 16.7. The second-order valence-electron chi connectivity index (χ2n) is 2.21. The molecular weight excluding hydrogens is 112 g/mol. The lowest BCUT2D eigenvalue weighted by Gasteiger charge is -1.93. The molecule has 0 aromatic rings. The van der Waals surface area contributed by atoms with E-state index in [1.54, 1.807) is 0 Å². The Bertz CT molecular complexity index is 156. The Morgan fingerprint density at radius 1 is 1.56 bits per heavy atom. The summed E-state index contributed by atoms with van der Waals surface area (Å²) < 4.78 is 0. The van der Waals surface area contributed by atoms with Crippen LogP contribution in [0.1, 0.15) is 26.7 Å². The highest BCUT2D eigenvalue weighted by Gasteiger charge is 2.04. The Morgan fingerprint density at radius 3 is 2.78 bits per heavy atom. The van der Waals surface area contributed by atoms with Gasteiger partial charge in [-0.15, -0.1) is 0 Å². The van der Waals surface area contributed by atoms with E-state index in [-0.39, 0.29) is 0 Å². The van der Waals surface area contributed by atoms with Crippen LogP contribution >= 0.6 is 0 Å². The van der Waals surface area contributed by atoms with Crippen LogP contribution in [-0.4, -0.2) is 6.21 Å². The van der Waals surface area contributed by atoms with Crippen LogP contribution < -0.4 is 5.43 Å². The fourth-order valence-electron chi connectivity index (χ4n) is 0.858. The van der Waals surface area contributed by atoms with E-state index in [0.717, 1.165) is 12.1 Å². The molecule has 1 aliphatic heterocycles. The van der Waals surface area contributed by atoms with Crippen LogP contribution in [-0.2, 0) is 0 Å². The fraction of sp³-hybridized carbons (Fsp3) is 0.571. The van der Waals surface area contributed by atoms with E-state index in [0.29, 0.717) is 0 Å². The van der Waals surface area contributed by atoms with Crippen molar-refractivity contribution in [2.75, 3.05) is 0 Å². The molecule has 0 atom stereocenters. The monoisotopic (exact) mass is 123 g/mol. The summed E-state index contributed by atoms with van der Waals surface area (Å²) in [6.45, 7) is 4.16. The molecule has 0 spiro atoms. The highest BCUT2D eigenvalue weighted by molar-refractivity contribution is 5.81. The lowest BCUT2D eigenvalue weighted by Crippen LogP contribution is -1.88. The standard InChI is InChI=1S/C7H11N2/c1-3-4-7-5-8-9-6(7)2/h5H,3-4H2,1-2H3. The minimum Gasteiger partial charge on any atom is -0.159 e. The van der Waals surface area contributed by atoms with Gasteiger partial charge >= 0.3 is 0 Å². The van der Waals surface area contributed by atoms with Crippen LogP contribution in [0.5, 0.6) is 0 Å². The molecule has 0 saturated carbocycles. The highest BCUT2D eigenvalue weighted by Crippen LogP contribution is 2.11. The van der Waals surface area contributed by atoms with E-state index in [1.165, 1.54) is 12.0 Å². The second kappa shape index (κ2) is 2.67. The van der Waals surface area contributed by atoms with Crippen molar-refractivity contribution in [2.45, 2.75) is 26.7 Å². The first-order chi connectivity index (χ1) is 4.34. The Morgan fingerprint density at radius 2 is 2.33 bits per heavy atom. The van der Waals surface area contributed by atoms with E-state index in [4.69, 9.17) is 0 Å². The third-order valence-corrected chi connectivity index (χ3v) is 1.41. The lowest BCUT2D eigenvalue weighted by atomic mass is 10.1. The van der Waals surface area contributed by atoms with Crippen molar-refractivity contribution in [3.63, 3.8) is 0 Å². The quantitative estimate of drug-likeness (QED) is 0.534. The molecule has 0 amide bonds. The predicted octanol–water partition coefficient (Wildman–Crippen LogP) is 1.66. The van der Waals surface area contributed by atoms with Gasteiger partial charge < -0.3 is 0 Å². The van der Waals surface area contributed by atoms with Gasteiger partial charge in [-0.3, -0.25) is 0 Å². The van der Waals surface area contributed by atoms with Gasteiger partial charge in [0.15, 0.2) is 0 Å². The van der Waals surface area contributed by atoms with Crippen molar-refractivity contribution in [3.8, 4) is 0 Å². The zero-order valence-electron chi connectivity index (χ0n) is 5.89. The molecule has 1 heterocycles. The number of hydrogen-bond acceptors (Lipinski definition) is 1. The molecule has 49 valence electrons. The van der Waals surface area contributed by atoms with Gasteiger partial charge in [0, 0.05) is 0 Å². The highest BCUT2D eigenvalue weighted by atomic mass is 15.3. The van der Waals surface area contributed by atoms with Crippen molar-refractivity contribution >= 4 is 6.21 Å². The number of allylic oxidation sites excluding steroid dienone is 2. The van der Waals surface area contributed by atoms with Crippen molar-refractivity contribution in [2.24, 2.45) is 5.10 Å². The molecule has 0 aromatic carbocycles. The Balaban J connectivity index is 2.54. The van der Waals surface area contributed by atoms with Gasteiger partial charge in [0.1, 0.15) is 0 Å². The molecule has 1 aliphatic rings. The lowest BCUT2D eigenvalue weighted by molar-refractivity contribution is 0.867. The maximum absolute atomic E-state index is 3.89. The average molecular weight is 123 g/mol. The summed E-state index contributed by atoms with van der Waals surface area (Å²) in [5.41, 5.74) is 6.26. The minimum atomic E-state index is 1.08. The van der Waals surface area contributed by atoms with E-state index in [2.05, 4.69) is 17.5 Å². The van der Waals surface area contributed by atoms with E-state index >= 15 is 0 Å². The van der Waals surface area contributed by atoms with Gasteiger partial charge in [0.2, 0.25) is 0 Å². The molecule has 9 heavy (non-hydrogen) atoms. The maximum Gasteiger partial charge on any atom is 0.0647 e. The summed E-state index contributed by atoms with van der Waals surface area (Å²) in [5, 5.41) is 3.79. The number of hydrogen-bond donors (Lipinski definition) is 0. The van der Waals surface area contributed by atoms with Gasteiger partial charge in [-0.2, -0.15) is 10.5 Å². The smallest absolute Gasteiger partial charge is 0.0647 e. The zero-order chi connectivity index (χ0) is 6.69. The molecule has 0 aromatic heterocycles. The van der Waals surface area contributed by atoms with Gasteiger partial charge in [-0.1, -0.05) is 13.3 Å². The summed E-state index contributed by atoms with van der Waals surface area (Å²) in [4.78, 5) is 0. The maximum atomic E-state index is 3.89. The van der Waals surface area contributed by atoms with E-state index in [1.807, 2.05) is 13.1 Å². The van der Waals surface area contributed by atoms with E-state index < -0.39 is 0 Å². The Labute approximate surface area is 55.6 Å². The van der Waals surface area contributed by atoms with E-state index in [9.17, 15) is 0 Å². The summed E-state index contributed by atoms with van der Waals surface area (Å²) in [7, 11) is 0. The second-order valence-corrected chi connectivity index (χ2v) is 2.21. The topological polar surface area (TPSA) is 26.5 Å². The molecule has 0 fully saturated rings. The zero-order valence-corrected chi connectivity index (χ0v) is 5.89. The predicted molar refractivity (Wildman–Crippen MR) is 38.2 cm³/mol. The Kier molecular flexibility index (Phi) is 1.88. The average Bonchev–Trinajstić information content (AvgIpc) is 2.18. The molecule has 0 unspecified atom stereocenters. The molecule has 2 nitrogen and oxygen atoms in total. The number of nitrogens with zero attached hydrogens (tertiary/aromatic N) is 2.